The third-order valence-electron chi connectivity index (χ3n) is 4.08. The maximum absolute atomic E-state index is 12.7. The highest BCUT2D eigenvalue weighted by atomic mass is 35.5. The summed E-state index contributed by atoms with van der Waals surface area (Å²) < 4.78 is 38.1. The molecular formula is C19H18ClF3N6O. The zero-order chi connectivity index (χ0) is 21.9. The van der Waals surface area contributed by atoms with Gasteiger partial charge in [-0.3, -0.25) is 20.4 Å². The Kier molecular flexibility index (Phi) is 6.25. The number of nitrogens with zero attached hydrogens (tertiary/aromatic N) is 3. The molecule has 7 nitrogen and oxygen atoms in total. The number of guanidine groups is 1. The molecule has 11 heteroatoms. The fourth-order valence-corrected chi connectivity index (χ4v) is 2.99. The number of hydrogen-bond acceptors (Lipinski definition) is 4. The van der Waals surface area contributed by atoms with Crippen molar-refractivity contribution in [1.29, 1.82) is 0 Å². The molecule has 0 aliphatic carbocycles. The van der Waals surface area contributed by atoms with E-state index in [-0.39, 0.29) is 18.5 Å². The number of halogens is 4. The second kappa shape index (κ2) is 8.70. The molecule has 0 radical (unpaired) electrons. The summed E-state index contributed by atoms with van der Waals surface area (Å²) in [6, 6.07) is 7.08. The smallest absolute Gasteiger partial charge is 0.361 e. The SMILES string of the molecule is Cc1cc(C)nc(NC(=NCCc2c[nH]c3ccc(Cl)cc23)NC(=O)C(F)(F)F)n1. The summed E-state index contributed by atoms with van der Waals surface area (Å²) in [5.41, 5.74) is 3.00. The van der Waals surface area contributed by atoms with Crippen molar-refractivity contribution in [3.05, 3.63) is 52.4 Å². The van der Waals surface area contributed by atoms with Crippen LogP contribution in [0, 0.1) is 13.8 Å². The number of fused-ring (bicyclic) bond motifs is 1. The average molecular weight is 439 g/mol. The molecule has 2 heterocycles. The summed E-state index contributed by atoms with van der Waals surface area (Å²) in [6.45, 7) is 3.53. The monoisotopic (exact) mass is 438 g/mol. The number of aliphatic imine (C=N–C) groups is 1. The van der Waals surface area contributed by atoms with Crippen LogP contribution in [0.4, 0.5) is 19.1 Å². The third-order valence-corrected chi connectivity index (χ3v) is 4.32. The van der Waals surface area contributed by atoms with Gasteiger partial charge in [-0.05, 0) is 50.1 Å². The average Bonchev–Trinajstić information content (AvgIpc) is 3.02. The van der Waals surface area contributed by atoms with Crippen LogP contribution in [0.5, 0.6) is 0 Å². The number of carbonyl (C=O) groups is 1. The van der Waals surface area contributed by atoms with Gasteiger partial charge < -0.3 is 4.98 Å². The quantitative estimate of drug-likeness (QED) is 0.425. The number of carbonyl (C=O) groups excluding carboxylic acids is 1. The van der Waals surface area contributed by atoms with Crippen LogP contribution in [0.15, 0.2) is 35.5 Å². The molecule has 0 fully saturated rings. The molecule has 3 N–H and O–H groups in total. The van der Waals surface area contributed by atoms with Gasteiger partial charge in [0.15, 0.2) is 0 Å². The molecular weight excluding hydrogens is 421 g/mol. The van der Waals surface area contributed by atoms with Gasteiger partial charge in [-0.2, -0.15) is 13.2 Å². The zero-order valence-corrected chi connectivity index (χ0v) is 16.8. The molecule has 0 aliphatic rings. The van der Waals surface area contributed by atoms with E-state index in [9.17, 15) is 18.0 Å². The molecule has 0 saturated heterocycles. The van der Waals surface area contributed by atoms with E-state index in [0.717, 1.165) is 16.5 Å². The van der Waals surface area contributed by atoms with Crippen molar-refractivity contribution in [1.82, 2.24) is 20.3 Å². The first-order valence-electron chi connectivity index (χ1n) is 8.89. The maximum Gasteiger partial charge on any atom is 0.471 e. The minimum atomic E-state index is -5.06. The summed E-state index contributed by atoms with van der Waals surface area (Å²) in [7, 11) is 0. The number of rotatable bonds is 4. The van der Waals surface area contributed by atoms with Crippen molar-refractivity contribution in [2.24, 2.45) is 4.99 Å². The topological polar surface area (TPSA) is 95.1 Å². The number of H-pyrrole nitrogens is 1. The number of aromatic amines is 1. The Morgan fingerprint density at radius 1 is 1.20 bits per heavy atom. The lowest BCUT2D eigenvalue weighted by Gasteiger charge is -2.12. The molecule has 1 aromatic carbocycles. The fourth-order valence-electron chi connectivity index (χ4n) is 2.82. The van der Waals surface area contributed by atoms with Crippen LogP contribution in [0.25, 0.3) is 10.9 Å². The molecule has 158 valence electrons. The van der Waals surface area contributed by atoms with E-state index in [0.29, 0.717) is 22.8 Å². The molecule has 0 saturated carbocycles. The van der Waals surface area contributed by atoms with Crippen molar-refractivity contribution in [3.63, 3.8) is 0 Å². The largest absolute Gasteiger partial charge is 0.471 e. The van der Waals surface area contributed by atoms with Gasteiger partial charge in [0.25, 0.3) is 0 Å². The maximum atomic E-state index is 12.7. The van der Waals surface area contributed by atoms with Gasteiger partial charge in [0.05, 0.1) is 0 Å². The first kappa shape index (κ1) is 21.6. The van der Waals surface area contributed by atoms with Gasteiger partial charge >= 0.3 is 12.1 Å². The molecule has 0 aliphatic heterocycles. The Bertz CT molecular complexity index is 1090. The van der Waals surface area contributed by atoms with E-state index in [1.165, 1.54) is 0 Å². The Balaban J connectivity index is 1.80. The summed E-state index contributed by atoms with van der Waals surface area (Å²) in [6.07, 6.45) is -2.87. The van der Waals surface area contributed by atoms with Gasteiger partial charge in [0.2, 0.25) is 11.9 Å². The molecule has 30 heavy (non-hydrogen) atoms. The van der Waals surface area contributed by atoms with Gasteiger partial charge in [-0.1, -0.05) is 11.6 Å². The normalized spacial score (nSPS) is 12.3. The highest BCUT2D eigenvalue weighted by molar-refractivity contribution is 6.31. The highest BCUT2D eigenvalue weighted by Crippen LogP contribution is 2.22. The van der Waals surface area contributed by atoms with E-state index in [1.54, 1.807) is 43.6 Å². The molecule has 1 amide bonds. The van der Waals surface area contributed by atoms with Crippen molar-refractivity contribution < 1.29 is 18.0 Å². The van der Waals surface area contributed by atoms with E-state index >= 15 is 0 Å². The van der Waals surface area contributed by atoms with Crippen molar-refractivity contribution >= 4 is 40.3 Å². The Hall–Kier alpha value is -3.14. The van der Waals surface area contributed by atoms with Crippen molar-refractivity contribution in [2.45, 2.75) is 26.4 Å². The van der Waals surface area contributed by atoms with Crippen LogP contribution >= 0.6 is 11.6 Å². The summed E-state index contributed by atoms with van der Waals surface area (Å²) in [4.78, 5) is 26.8. The second-order valence-corrected chi connectivity index (χ2v) is 6.97. The van der Waals surface area contributed by atoms with E-state index in [4.69, 9.17) is 11.6 Å². The minimum Gasteiger partial charge on any atom is -0.361 e. The van der Waals surface area contributed by atoms with Crippen LogP contribution in [-0.4, -0.2) is 39.5 Å². The number of alkyl halides is 3. The number of anilines is 1. The highest BCUT2D eigenvalue weighted by Gasteiger charge is 2.39. The predicted molar refractivity (Wildman–Crippen MR) is 109 cm³/mol. The van der Waals surface area contributed by atoms with E-state index in [1.807, 2.05) is 6.07 Å². The van der Waals surface area contributed by atoms with Gasteiger partial charge in [-0.25, -0.2) is 9.97 Å². The molecule has 0 unspecified atom stereocenters. The zero-order valence-electron chi connectivity index (χ0n) is 16.1. The second-order valence-electron chi connectivity index (χ2n) is 6.54. The number of nitrogens with one attached hydrogen (secondary N) is 3. The lowest BCUT2D eigenvalue weighted by molar-refractivity contribution is -0.171. The van der Waals surface area contributed by atoms with Gasteiger partial charge in [0, 0.05) is 40.1 Å². The van der Waals surface area contributed by atoms with Crippen LogP contribution < -0.4 is 10.6 Å². The number of benzene rings is 1. The Morgan fingerprint density at radius 3 is 2.57 bits per heavy atom. The number of aromatic nitrogens is 3. The summed E-state index contributed by atoms with van der Waals surface area (Å²) >= 11 is 6.03. The van der Waals surface area contributed by atoms with Crippen LogP contribution in [0.1, 0.15) is 17.0 Å². The fraction of sp³-hybridized carbons (Fsp3) is 0.263. The summed E-state index contributed by atoms with van der Waals surface area (Å²) in [5, 5.41) is 5.75. The minimum absolute atomic E-state index is 0.0348. The lowest BCUT2D eigenvalue weighted by atomic mass is 10.1. The number of aryl methyl sites for hydroxylation is 2. The standard InChI is InChI=1S/C19H18ClF3N6O/c1-10-7-11(2)27-18(26-10)29-17(28-16(30)19(21,22)23)24-6-5-12-9-25-15-4-3-13(20)8-14(12)15/h3-4,7-9,25H,5-6H2,1-2H3,(H2,24,26,27,28,29,30). The molecule has 0 spiro atoms. The van der Waals surface area contributed by atoms with Crippen LogP contribution in [-0.2, 0) is 11.2 Å². The Morgan fingerprint density at radius 2 is 1.90 bits per heavy atom. The molecule has 3 rings (SSSR count). The predicted octanol–water partition coefficient (Wildman–Crippen LogP) is 3.92. The lowest BCUT2D eigenvalue weighted by Crippen LogP contribution is -2.44. The molecule has 2 aromatic heterocycles. The van der Waals surface area contributed by atoms with Crippen molar-refractivity contribution in [3.8, 4) is 0 Å². The number of amides is 1. The first-order valence-corrected chi connectivity index (χ1v) is 9.27. The molecule has 3 aromatic rings. The third kappa shape index (κ3) is 5.47. The molecule has 0 bridgehead atoms. The van der Waals surface area contributed by atoms with Crippen LogP contribution in [0.3, 0.4) is 0 Å². The summed E-state index contributed by atoms with van der Waals surface area (Å²) in [5.74, 6) is -2.50. The van der Waals surface area contributed by atoms with Gasteiger partial charge in [0.1, 0.15) is 0 Å². The van der Waals surface area contributed by atoms with Crippen molar-refractivity contribution in [2.75, 3.05) is 11.9 Å². The first-order chi connectivity index (χ1) is 14.1. The van der Waals surface area contributed by atoms with E-state index in [2.05, 4.69) is 25.3 Å². The Labute approximate surface area is 174 Å². The van der Waals surface area contributed by atoms with Gasteiger partial charge in [-0.15, -0.1) is 0 Å². The van der Waals surface area contributed by atoms with Crippen LogP contribution in [0.2, 0.25) is 5.02 Å². The van der Waals surface area contributed by atoms with E-state index < -0.39 is 12.1 Å². The molecule has 0 atom stereocenters. The number of hydrogen-bond donors (Lipinski definition) is 3.